The van der Waals surface area contributed by atoms with Crippen molar-refractivity contribution in [2.45, 2.75) is 33.4 Å². The van der Waals surface area contributed by atoms with Crippen molar-refractivity contribution in [2.24, 2.45) is 0 Å². The van der Waals surface area contributed by atoms with Gasteiger partial charge in [0.15, 0.2) is 0 Å². The Morgan fingerprint density at radius 1 is 1.30 bits per heavy atom. The molecule has 0 atom stereocenters. The van der Waals surface area contributed by atoms with Gasteiger partial charge >= 0.3 is 0 Å². The van der Waals surface area contributed by atoms with Crippen LogP contribution < -0.4 is 10.1 Å². The fourth-order valence-electron chi connectivity index (χ4n) is 1.75. The lowest BCUT2D eigenvalue weighted by atomic mass is 10.2. The number of nitrogens with zero attached hydrogens (tertiary/aromatic N) is 2. The Kier molecular flexibility index (Phi) is 4.40. The summed E-state index contributed by atoms with van der Waals surface area (Å²) in [5.74, 6) is 0.730. The summed E-state index contributed by atoms with van der Waals surface area (Å²) in [6.07, 6.45) is 1.74. The highest BCUT2D eigenvalue weighted by molar-refractivity contribution is 5.52. The number of aromatic hydroxyl groups is 1. The molecule has 0 bridgehead atoms. The molecule has 0 radical (unpaired) electrons. The van der Waals surface area contributed by atoms with Crippen molar-refractivity contribution in [2.75, 3.05) is 5.32 Å². The lowest BCUT2D eigenvalue weighted by Crippen LogP contribution is -2.10. The summed E-state index contributed by atoms with van der Waals surface area (Å²) in [5.41, 5.74) is 2.25. The van der Waals surface area contributed by atoms with Crippen LogP contribution in [0.1, 0.15) is 25.2 Å². The van der Waals surface area contributed by atoms with Gasteiger partial charge in [-0.05, 0) is 45.0 Å². The van der Waals surface area contributed by atoms with Gasteiger partial charge in [0.2, 0.25) is 5.88 Å². The Labute approximate surface area is 118 Å². The molecule has 2 aromatic heterocycles. The molecular formula is C15H19N3O2. The van der Waals surface area contributed by atoms with Crippen molar-refractivity contribution in [3.8, 4) is 11.6 Å². The average Bonchev–Trinajstić information content (AvgIpc) is 2.41. The van der Waals surface area contributed by atoms with E-state index >= 15 is 0 Å². The van der Waals surface area contributed by atoms with Crippen LogP contribution >= 0.6 is 0 Å². The maximum Gasteiger partial charge on any atom is 0.237 e. The number of anilines is 1. The molecule has 0 fully saturated rings. The third-order valence-electron chi connectivity index (χ3n) is 2.65. The standard InChI is InChI=1S/C15H19N3O2/c1-10(2)20-15-12(5-4-8-16-15)17-9-13-14(19)7-6-11(3)18-13/h4-8,10,17,19H,9H2,1-3H3. The maximum atomic E-state index is 9.78. The van der Waals surface area contributed by atoms with Crippen LogP contribution in [0.2, 0.25) is 0 Å². The van der Waals surface area contributed by atoms with Gasteiger partial charge in [-0.2, -0.15) is 0 Å². The van der Waals surface area contributed by atoms with Gasteiger partial charge in [-0.25, -0.2) is 4.98 Å². The quantitative estimate of drug-likeness (QED) is 0.876. The zero-order valence-corrected chi connectivity index (χ0v) is 11.9. The number of aromatic nitrogens is 2. The van der Waals surface area contributed by atoms with Crippen molar-refractivity contribution in [1.29, 1.82) is 0 Å². The molecule has 2 aromatic rings. The first kappa shape index (κ1) is 14.1. The van der Waals surface area contributed by atoms with Crippen LogP contribution in [-0.2, 0) is 6.54 Å². The minimum Gasteiger partial charge on any atom is -0.506 e. The number of rotatable bonds is 5. The Balaban J connectivity index is 2.12. The zero-order chi connectivity index (χ0) is 14.5. The fraction of sp³-hybridized carbons (Fsp3) is 0.333. The molecule has 5 nitrogen and oxygen atoms in total. The van der Waals surface area contributed by atoms with Crippen LogP contribution in [0.25, 0.3) is 0 Å². The fourth-order valence-corrected chi connectivity index (χ4v) is 1.75. The molecule has 0 aliphatic heterocycles. The van der Waals surface area contributed by atoms with Crippen molar-refractivity contribution in [3.05, 3.63) is 41.9 Å². The highest BCUT2D eigenvalue weighted by atomic mass is 16.5. The minimum atomic E-state index is 0.0518. The maximum absolute atomic E-state index is 9.78. The molecule has 0 aliphatic rings. The second kappa shape index (κ2) is 6.23. The Morgan fingerprint density at radius 2 is 2.10 bits per heavy atom. The van der Waals surface area contributed by atoms with E-state index in [1.54, 1.807) is 18.3 Å². The predicted octanol–water partition coefficient (Wildman–Crippen LogP) is 2.89. The van der Waals surface area contributed by atoms with E-state index in [4.69, 9.17) is 4.74 Å². The van der Waals surface area contributed by atoms with Gasteiger partial charge in [0.05, 0.1) is 18.3 Å². The van der Waals surface area contributed by atoms with E-state index in [1.165, 1.54) is 0 Å². The van der Waals surface area contributed by atoms with Crippen molar-refractivity contribution in [1.82, 2.24) is 9.97 Å². The van der Waals surface area contributed by atoms with Crippen molar-refractivity contribution in [3.63, 3.8) is 0 Å². The van der Waals surface area contributed by atoms with Gasteiger partial charge in [-0.15, -0.1) is 0 Å². The number of pyridine rings is 2. The summed E-state index contributed by atoms with van der Waals surface area (Å²) in [7, 11) is 0. The van der Waals surface area contributed by atoms with E-state index in [2.05, 4.69) is 15.3 Å². The molecule has 2 rings (SSSR count). The van der Waals surface area contributed by atoms with E-state index in [0.717, 1.165) is 11.4 Å². The average molecular weight is 273 g/mol. The number of nitrogens with one attached hydrogen (secondary N) is 1. The SMILES string of the molecule is Cc1ccc(O)c(CNc2cccnc2OC(C)C)n1. The molecule has 0 amide bonds. The molecule has 0 aliphatic carbocycles. The highest BCUT2D eigenvalue weighted by Crippen LogP contribution is 2.23. The Bertz CT molecular complexity index is 585. The number of ether oxygens (including phenoxy) is 1. The molecule has 0 saturated heterocycles. The van der Waals surface area contributed by atoms with E-state index in [0.29, 0.717) is 18.1 Å². The van der Waals surface area contributed by atoms with Crippen LogP contribution in [0.15, 0.2) is 30.5 Å². The molecule has 2 N–H and O–H groups in total. The minimum absolute atomic E-state index is 0.0518. The molecule has 0 spiro atoms. The highest BCUT2D eigenvalue weighted by Gasteiger charge is 2.08. The molecule has 2 heterocycles. The van der Waals surface area contributed by atoms with E-state index in [-0.39, 0.29) is 11.9 Å². The van der Waals surface area contributed by atoms with Gasteiger partial charge < -0.3 is 15.2 Å². The van der Waals surface area contributed by atoms with Crippen LogP contribution in [0.4, 0.5) is 5.69 Å². The van der Waals surface area contributed by atoms with Crippen LogP contribution in [0, 0.1) is 6.92 Å². The van der Waals surface area contributed by atoms with Gasteiger partial charge in [0.1, 0.15) is 11.4 Å². The summed E-state index contributed by atoms with van der Waals surface area (Å²) in [6.45, 7) is 6.20. The molecular weight excluding hydrogens is 254 g/mol. The molecule has 5 heteroatoms. The van der Waals surface area contributed by atoms with Gasteiger partial charge in [0, 0.05) is 11.9 Å². The van der Waals surface area contributed by atoms with E-state index < -0.39 is 0 Å². The van der Waals surface area contributed by atoms with E-state index in [1.807, 2.05) is 32.9 Å². The summed E-state index contributed by atoms with van der Waals surface area (Å²) < 4.78 is 5.63. The second-order valence-electron chi connectivity index (χ2n) is 4.79. The number of hydrogen-bond acceptors (Lipinski definition) is 5. The van der Waals surface area contributed by atoms with Gasteiger partial charge in [-0.1, -0.05) is 0 Å². The molecule has 0 saturated carbocycles. The van der Waals surface area contributed by atoms with Gasteiger partial charge in [-0.3, -0.25) is 4.98 Å². The lowest BCUT2D eigenvalue weighted by molar-refractivity contribution is 0.234. The zero-order valence-electron chi connectivity index (χ0n) is 11.9. The number of hydrogen-bond donors (Lipinski definition) is 2. The predicted molar refractivity (Wildman–Crippen MR) is 78.0 cm³/mol. The van der Waals surface area contributed by atoms with Gasteiger partial charge in [0.25, 0.3) is 0 Å². The van der Waals surface area contributed by atoms with Crippen molar-refractivity contribution < 1.29 is 9.84 Å². The van der Waals surface area contributed by atoms with Crippen LogP contribution in [-0.4, -0.2) is 21.2 Å². The second-order valence-corrected chi connectivity index (χ2v) is 4.79. The molecule has 0 unspecified atom stereocenters. The van der Waals surface area contributed by atoms with Crippen LogP contribution in [0.3, 0.4) is 0 Å². The first-order valence-electron chi connectivity index (χ1n) is 6.57. The monoisotopic (exact) mass is 273 g/mol. The van der Waals surface area contributed by atoms with E-state index in [9.17, 15) is 5.11 Å². The topological polar surface area (TPSA) is 67.3 Å². The third-order valence-corrected chi connectivity index (χ3v) is 2.65. The summed E-state index contributed by atoms with van der Waals surface area (Å²) >= 11 is 0. The number of aryl methyl sites for hydroxylation is 1. The lowest BCUT2D eigenvalue weighted by Gasteiger charge is -2.14. The summed E-state index contributed by atoms with van der Waals surface area (Å²) in [6, 6.07) is 7.14. The summed E-state index contributed by atoms with van der Waals surface area (Å²) in [4.78, 5) is 8.51. The third kappa shape index (κ3) is 3.60. The Morgan fingerprint density at radius 3 is 2.85 bits per heavy atom. The largest absolute Gasteiger partial charge is 0.506 e. The normalized spacial score (nSPS) is 10.6. The molecule has 20 heavy (non-hydrogen) atoms. The van der Waals surface area contributed by atoms with Crippen molar-refractivity contribution >= 4 is 5.69 Å². The first-order chi connectivity index (χ1) is 9.56. The Hall–Kier alpha value is -2.30. The molecule has 106 valence electrons. The smallest absolute Gasteiger partial charge is 0.237 e. The molecule has 0 aromatic carbocycles. The first-order valence-corrected chi connectivity index (χ1v) is 6.57. The van der Waals surface area contributed by atoms with Crippen LogP contribution in [0.5, 0.6) is 11.6 Å². The summed E-state index contributed by atoms with van der Waals surface area (Å²) in [5, 5.41) is 13.0.